The molecule has 0 radical (unpaired) electrons. The first kappa shape index (κ1) is 9.70. The molecule has 0 aromatic carbocycles. The lowest BCUT2D eigenvalue weighted by Gasteiger charge is -2.09. The molecule has 0 saturated carbocycles. The van der Waals surface area contributed by atoms with E-state index in [4.69, 9.17) is 5.11 Å². The molecule has 0 unspecified atom stereocenters. The third kappa shape index (κ3) is 1.54. The molecule has 13 heavy (non-hydrogen) atoms. The van der Waals surface area contributed by atoms with Gasteiger partial charge in [0.25, 0.3) is 0 Å². The fourth-order valence-corrected chi connectivity index (χ4v) is 1.19. The predicted octanol–water partition coefficient (Wildman–Crippen LogP) is -4.74. The van der Waals surface area contributed by atoms with E-state index in [2.05, 4.69) is 4.98 Å². The topological polar surface area (TPSA) is 70.4 Å². The zero-order valence-electron chi connectivity index (χ0n) is 7.75. The van der Waals surface area contributed by atoms with Gasteiger partial charge >= 0.3 is 5.97 Å². The fraction of sp³-hybridized carbons (Fsp3) is 0. The van der Waals surface area contributed by atoms with Crippen LogP contribution in [0.4, 0.5) is 0 Å². The molecule has 1 aromatic rings. The first-order valence-corrected chi connectivity index (χ1v) is 3.85. The summed E-state index contributed by atoms with van der Waals surface area (Å²) in [4.78, 5) is 14.8. The Morgan fingerprint density at radius 1 is 1.23 bits per heavy atom. The van der Waals surface area contributed by atoms with Crippen molar-refractivity contribution in [3.05, 3.63) is 5.56 Å². The van der Waals surface area contributed by atoms with Crippen molar-refractivity contribution in [2.75, 3.05) is 0 Å². The number of carbonyl (C=O) groups is 1. The summed E-state index contributed by atoms with van der Waals surface area (Å²) < 4.78 is 0. The lowest BCUT2D eigenvalue weighted by atomic mass is 9.79. The monoisotopic (exact) mass is 175 g/mol. The lowest BCUT2D eigenvalue weighted by molar-refractivity contribution is 0.0695. The van der Waals surface area contributed by atoms with Gasteiger partial charge in [0.05, 0.1) is 5.56 Å². The molecule has 0 atom stereocenters. The van der Waals surface area contributed by atoms with Gasteiger partial charge in [0.15, 0.2) is 15.7 Å². The third-order valence-corrected chi connectivity index (χ3v) is 2.05. The number of hydrogen-bond donors (Lipinski definition) is 2. The molecule has 2 N–H and O–H groups in total. The van der Waals surface area contributed by atoms with Crippen LogP contribution in [0, 0.1) is 0 Å². The number of rotatable bonds is 1. The molecule has 1 aromatic heterocycles. The van der Waals surface area contributed by atoms with Gasteiger partial charge < -0.3 is 10.2 Å². The molecule has 1 rings (SSSR count). The molecule has 64 valence electrons. The minimum absolute atomic E-state index is 0.0509. The largest absolute Gasteiger partial charge is 0.506 e. The Bertz CT molecular complexity index is 354. The minimum Gasteiger partial charge on any atom is -0.506 e. The molecule has 7 heteroatoms. The highest BCUT2D eigenvalue weighted by Crippen LogP contribution is 2.07. The van der Waals surface area contributed by atoms with Crippen molar-refractivity contribution in [2.24, 2.45) is 0 Å². The average molecular weight is 175 g/mol. The number of carboxylic acids is 1. The van der Waals surface area contributed by atoms with Gasteiger partial charge in [-0.3, -0.25) is 4.98 Å². The van der Waals surface area contributed by atoms with Crippen molar-refractivity contribution >= 4 is 46.2 Å². The van der Waals surface area contributed by atoms with Crippen LogP contribution >= 0.6 is 0 Å². The summed E-state index contributed by atoms with van der Waals surface area (Å²) in [5.74, 6) is -1.36. The SMILES string of the molecule is Bc1nc(B)c(O)c(C(=O)O)c1B. The number of aromatic hydroxyl groups is 1. The van der Waals surface area contributed by atoms with Crippen LogP contribution < -0.4 is 16.6 Å². The second-order valence-electron chi connectivity index (χ2n) is 2.94. The van der Waals surface area contributed by atoms with Crippen LogP contribution in [0.2, 0.25) is 0 Å². The Morgan fingerprint density at radius 3 is 2.23 bits per heavy atom. The number of aromatic nitrogens is 1. The van der Waals surface area contributed by atoms with E-state index in [1.54, 1.807) is 23.5 Å². The smallest absolute Gasteiger partial charge is 0.338 e. The van der Waals surface area contributed by atoms with Crippen LogP contribution in [0.15, 0.2) is 0 Å². The predicted molar refractivity (Wildman–Crippen MR) is 57.4 cm³/mol. The van der Waals surface area contributed by atoms with Crippen LogP contribution in [0.5, 0.6) is 5.75 Å². The van der Waals surface area contributed by atoms with E-state index in [0.29, 0.717) is 16.6 Å². The van der Waals surface area contributed by atoms with E-state index in [9.17, 15) is 9.90 Å². The van der Waals surface area contributed by atoms with Gasteiger partial charge in [0.2, 0.25) is 0 Å². The molecule has 0 spiro atoms. The fourth-order valence-electron chi connectivity index (χ4n) is 1.19. The van der Waals surface area contributed by atoms with Crippen molar-refractivity contribution in [3.8, 4) is 5.75 Å². The molecule has 0 amide bonds. The first-order chi connectivity index (χ1) is 5.95. The second-order valence-corrected chi connectivity index (χ2v) is 2.94. The molecule has 0 bridgehead atoms. The highest BCUT2D eigenvalue weighted by Gasteiger charge is 2.16. The molecule has 1 heterocycles. The maximum atomic E-state index is 10.8. The summed E-state index contributed by atoms with van der Waals surface area (Å²) in [6.45, 7) is 0. The van der Waals surface area contributed by atoms with E-state index >= 15 is 0 Å². The maximum absolute atomic E-state index is 10.8. The Morgan fingerprint density at radius 2 is 1.77 bits per heavy atom. The quantitative estimate of drug-likeness (QED) is 0.420. The summed E-state index contributed by atoms with van der Waals surface area (Å²) >= 11 is 0. The molecule has 0 aliphatic heterocycles. The summed E-state index contributed by atoms with van der Waals surface area (Å²) in [7, 11) is 4.92. The van der Waals surface area contributed by atoms with Crippen LogP contribution in [-0.2, 0) is 0 Å². The molecule has 0 fully saturated rings. The normalized spacial score (nSPS) is 9.85. The number of aromatic carboxylic acids is 1. The number of hydrogen-bond acceptors (Lipinski definition) is 3. The van der Waals surface area contributed by atoms with Crippen LogP contribution in [0.3, 0.4) is 0 Å². The Balaban J connectivity index is 3.56. The summed E-state index contributed by atoms with van der Waals surface area (Å²) in [5.41, 5.74) is 1.44. The second kappa shape index (κ2) is 3.16. The minimum atomic E-state index is -1.12. The summed E-state index contributed by atoms with van der Waals surface area (Å²) in [6, 6.07) is 0. The Hall–Kier alpha value is -1.39. The van der Waals surface area contributed by atoms with Crippen LogP contribution in [0.25, 0.3) is 0 Å². The molecule has 0 aliphatic carbocycles. The maximum Gasteiger partial charge on any atom is 0.338 e. The van der Waals surface area contributed by atoms with E-state index in [-0.39, 0.29) is 11.3 Å². The molecule has 0 saturated heterocycles. The number of nitrogens with zero attached hydrogens (tertiary/aromatic N) is 1. The van der Waals surface area contributed by atoms with Crippen molar-refractivity contribution in [3.63, 3.8) is 0 Å². The average Bonchev–Trinajstić information content (AvgIpc) is 2.01. The third-order valence-electron chi connectivity index (χ3n) is 2.05. The van der Waals surface area contributed by atoms with E-state index in [1.165, 1.54) is 0 Å². The van der Waals surface area contributed by atoms with Crippen LogP contribution in [0.1, 0.15) is 10.4 Å². The van der Waals surface area contributed by atoms with Crippen molar-refractivity contribution in [1.82, 2.24) is 4.98 Å². The van der Waals surface area contributed by atoms with Gasteiger partial charge in [-0.05, 0) is 5.59 Å². The van der Waals surface area contributed by atoms with Gasteiger partial charge in [0, 0.05) is 5.59 Å². The van der Waals surface area contributed by atoms with E-state index < -0.39 is 5.97 Å². The van der Waals surface area contributed by atoms with Crippen molar-refractivity contribution in [2.45, 2.75) is 0 Å². The highest BCUT2D eigenvalue weighted by atomic mass is 16.4. The molecule has 0 aliphatic rings. The van der Waals surface area contributed by atoms with Crippen molar-refractivity contribution < 1.29 is 15.0 Å². The molecular formula is C6H8B3NO3. The van der Waals surface area contributed by atoms with E-state index in [0.717, 1.165) is 0 Å². The Kier molecular flexibility index (Phi) is 2.36. The molecule has 4 nitrogen and oxygen atoms in total. The van der Waals surface area contributed by atoms with E-state index in [1.807, 2.05) is 0 Å². The van der Waals surface area contributed by atoms with Gasteiger partial charge in [-0.25, -0.2) is 4.79 Å². The standard InChI is InChI=1S/C6H8B3NO3/c7-2-1(6(12)13)3(11)5(9)10-4(2)8/h11H,7-9H2,(H,12,13). The highest BCUT2D eigenvalue weighted by molar-refractivity contribution is 6.51. The van der Waals surface area contributed by atoms with Gasteiger partial charge in [-0.1, -0.05) is 5.46 Å². The van der Waals surface area contributed by atoms with Gasteiger partial charge in [-0.15, -0.1) is 0 Å². The number of carboxylic acid groups (broad SMARTS) is 1. The number of pyridine rings is 1. The summed E-state index contributed by atoms with van der Waals surface area (Å²) in [5, 5.41) is 18.2. The Labute approximate surface area is 78.2 Å². The zero-order valence-corrected chi connectivity index (χ0v) is 7.75. The first-order valence-electron chi connectivity index (χ1n) is 3.85. The zero-order chi connectivity index (χ0) is 10.2. The van der Waals surface area contributed by atoms with Gasteiger partial charge in [0.1, 0.15) is 13.6 Å². The summed E-state index contributed by atoms with van der Waals surface area (Å²) in [6.07, 6.45) is 0. The van der Waals surface area contributed by atoms with Crippen LogP contribution in [-0.4, -0.2) is 44.7 Å². The van der Waals surface area contributed by atoms with Crippen molar-refractivity contribution in [1.29, 1.82) is 0 Å². The molecular weight excluding hydrogens is 167 g/mol. The van der Waals surface area contributed by atoms with Gasteiger partial charge in [-0.2, -0.15) is 0 Å². The lowest BCUT2D eigenvalue weighted by Crippen LogP contribution is -2.39.